The molecule has 1 aliphatic rings. The van der Waals surface area contributed by atoms with Crippen molar-refractivity contribution in [1.29, 1.82) is 0 Å². The number of oxime groups is 1. The molecule has 0 N–H and O–H groups in total. The van der Waals surface area contributed by atoms with Gasteiger partial charge in [0.2, 0.25) is 0 Å². The number of aryl methyl sites for hydroxylation is 1. The fourth-order valence-corrected chi connectivity index (χ4v) is 2.53. The Morgan fingerprint density at radius 2 is 2.33 bits per heavy atom. The summed E-state index contributed by atoms with van der Waals surface area (Å²) in [6, 6.07) is 4.15. The van der Waals surface area contributed by atoms with Crippen LogP contribution in [0.1, 0.15) is 11.1 Å². The molecule has 0 saturated heterocycles. The lowest BCUT2D eigenvalue weighted by Gasteiger charge is -2.14. The molecule has 3 rings (SSSR count). The molecule has 0 aliphatic carbocycles. The Hall–Kier alpha value is -1.11. The smallest absolute Gasteiger partial charge is 0.148 e. The molecule has 0 spiro atoms. The molecule has 5 heteroatoms. The van der Waals surface area contributed by atoms with Gasteiger partial charge in [0, 0.05) is 23.6 Å². The van der Waals surface area contributed by atoms with Gasteiger partial charge in [-0.3, -0.25) is 4.68 Å². The van der Waals surface area contributed by atoms with Crippen LogP contribution in [-0.2, 0) is 18.5 Å². The molecule has 0 unspecified atom stereocenters. The van der Waals surface area contributed by atoms with Crippen LogP contribution < -0.4 is 0 Å². The van der Waals surface area contributed by atoms with Gasteiger partial charge < -0.3 is 4.84 Å². The van der Waals surface area contributed by atoms with E-state index in [-0.39, 0.29) is 0 Å². The molecule has 4 nitrogen and oxygen atoms in total. The van der Waals surface area contributed by atoms with Gasteiger partial charge in [-0.1, -0.05) is 17.3 Å². The summed E-state index contributed by atoms with van der Waals surface area (Å²) >= 11 is 2.19. The van der Waals surface area contributed by atoms with Crippen molar-refractivity contribution in [3.63, 3.8) is 0 Å². The highest BCUT2D eigenvalue weighted by molar-refractivity contribution is 14.1. The molecular weight excluding hydrogens is 305 g/mol. The van der Waals surface area contributed by atoms with Crippen LogP contribution in [0.4, 0.5) is 0 Å². The molecular formula is C10H8IN3O. The summed E-state index contributed by atoms with van der Waals surface area (Å²) < 4.78 is 2.78. The second-order valence-electron chi connectivity index (χ2n) is 3.45. The maximum absolute atomic E-state index is 5.18. The topological polar surface area (TPSA) is 39.4 Å². The number of aromatic nitrogens is 2. The predicted octanol–water partition coefficient (Wildman–Crippen LogP) is 2.20. The van der Waals surface area contributed by atoms with Gasteiger partial charge in [-0.05, 0) is 22.6 Å². The summed E-state index contributed by atoms with van der Waals surface area (Å²) in [6.07, 6.45) is 1.87. The van der Waals surface area contributed by atoms with Crippen LogP contribution in [0.25, 0.3) is 10.9 Å². The Labute approximate surface area is 100 Å². The number of nitrogens with zero attached hydrogens (tertiary/aromatic N) is 3. The Morgan fingerprint density at radius 1 is 1.47 bits per heavy atom. The van der Waals surface area contributed by atoms with Crippen LogP contribution in [0.5, 0.6) is 0 Å². The highest BCUT2D eigenvalue weighted by Gasteiger charge is 2.18. The molecule has 1 aromatic heterocycles. The Balaban J connectivity index is 2.43. The zero-order chi connectivity index (χ0) is 10.4. The lowest BCUT2D eigenvalue weighted by Crippen LogP contribution is -2.08. The van der Waals surface area contributed by atoms with Crippen LogP contribution in [0.15, 0.2) is 23.5 Å². The minimum absolute atomic E-state index is 0.526. The average molecular weight is 313 g/mol. The molecule has 0 bridgehead atoms. The highest BCUT2D eigenvalue weighted by atomic mass is 127. The van der Waals surface area contributed by atoms with Crippen molar-refractivity contribution in [2.45, 2.75) is 6.61 Å². The van der Waals surface area contributed by atoms with Crippen LogP contribution in [0.3, 0.4) is 0 Å². The Kier molecular flexibility index (Phi) is 1.95. The van der Waals surface area contributed by atoms with E-state index in [1.54, 1.807) is 0 Å². The van der Waals surface area contributed by atoms with Crippen molar-refractivity contribution in [3.8, 4) is 0 Å². The van der Waals surface area contributed by atoms with E-state index < -0.39 is 0 Å². The minimum Gasteiger partial charge on any atom is -0.390 e. The zero-order valence-corrected chi connectivity index (χ0v) is 10.2. The van der Waals surface area contributed by atoms with Crippen molar-refractivity contribution < 1.29 is 4.84 Å². The summed E-state index contributed by atoms with van der Waals surface area (Å²) in [7, 11) is 1.95. The molecule has 15 heavy (non-hydrogen) atoms. The van der Waals surface area contributed by atoms with Gasteiger partial charge in [0.15, 0.2) is 0 Å². The number of rotatable bonds is 0. The maximum atomic E-state index is 5.18. The van der Waals surface area contributed by atoms with Gasteiger partial charge in [0.05, 0.1) is 11.7 Å². The number of hydrogen-bond donors (Lipinski definition) is 0. The van der Waals surface area contributed by atoms with Gasteiger partial charge >= 0.3 is 0 Å². The third-order valence-electron chi connectivity index (χ3n) is 2.58. The van der Waals surface area contributed by atoms with E-state index in [4.69, 9.17) is 4.84 Å². The maximum Gasteiger partial charge on any atom is 0.148 e. The van der Waals surface area contributed by atoms with Crippen molar-refractivity contribution in [2.24, 2.45) is 12.2 Å². The Morgan fingerprint density at radius 3 is 3.20 bits per heavy atom. The molecule has 0 fully saturated rings. The van der Waals surface area contributed by atoms with Crippen LogP contribution in [0.2, 0.25) is 0 Å². The second kappa shape index (κ2) is 3.19. The number of fused-ring (bicyclic) bond motifs is 3. The van der Waals surface area contributed by atoms with Gasteiger partial charge in [-0.25, -0.2) is 0 Å². The summed E-state index contributed by atoms with van der Waals surface area (Å²) in [5, 5.41) is 9.36. The van der Waals surface area contributed by atoms with E-state index >= 15 is 0 Å². The van der Waals surface area contributed by atoms with Crippen LogP contribution >= 0.6 is 22.6 Å². The number of hydrogen-bond acceptors (Lipinski definition) is 3. The Bertz CT molecular complexity index is 573. The number of benzene rings is 1. The minimum atomic E-state index is 0.526. The third-order valence-corrected chi connectivity index (χ3v) is 3.36. The molecule has 0 radical (unpaired) electrons. The SMILES string of the molecule is Cn1ncc2ccc3c(c21)CON=C3I. The van der Waals surface area contributed by atoms with Crippen LogP contribution in [-0.4, -0.2) is 13.5 Å². The van der Waals surface area contributed by atoms with E-state index in [1.165, 1.54) is 5.56 Å². The fraction of sp³-hybridized carbons (Fsp3) is 0.200. The van der Waals surface area contributed by atoms with Crippen molar-refractivity contribution in [3.05, 3.63) is 29.5 Å². The molecule has 0 amide bonds. The predicted molar refractivity (Wildman–Crippen MR) is 66.1 cm³/mol. The van der Waals surface area contributed by atoms with Crippen LogP contribution in [0, 0.1) is 0 Å². The van der Waals surface area contributed by atoms with Crippen molar-refractivity contribution in [1.82, 2.24) is 9.78 Å². The first-order valence-corrected chi connectivity index (χ1v) is 5.64. The summed E-state index contributed by atoms with van der Waals surface area (Å²) in [6.45, 7) is 0.526. The normalized spacial score (nSPS) is 14.7. The molecule has 0 saturated carbocycles. The average Bonchev–Trinajstić information content (AvgIpc) is 2.61. The standard InChI is InChI=1S/C10H8IN3O/c1-14-9-6(4-12-14)2-3-7-8(9)5-15-13-10(7)11/h2-4H,5H2,1H3. The highest BCUT2D eigenvalue weighted by Crippen LogP contribution is 2.27. The van der Waals surface area contributed by atoms with Gasteiger partial charge in [0.25, 0.3) is 0 Å². The second-order valence-corrected chi connectivity index (χ2v) is 4.48. The van der Waals surface area contributed by atoms with Gasteiger partial charge in [-0.2, -0.15) is 5.10 Å². The first-order chi connectivity index (χ1) is 7.27. The van der Waals surface area contributed by atoms with E-state index in [9.17, 15) is 0 Å². The quantitative estimate of drug-likeness (QED) is 0.700. The van der Waals surface area contributed by atoms with E-state index in [0.717, 1.165) is 20.2 Å². The van der Waals surface area contributed by atoms with E-state index in [1.807, 2.05) is 17.9 Å². The van der Waals surface area contributed by atoms with Crippen molar-refractivity contribution in [2.75, 3.05) is 0 Å². The lowest BCUT2D eigenvalue weighted by molar-refractivity contribution is 0.128. The summed E-state index contributed by atoms with van der Waals surface area (Å²) in [5.41, 5.74) is 3.46. The summed E-state index contributed by atoms with van der Waals surface area (Å²) in [5.74, 6) is 0. The monoisotopic (exact) mass is 313 g/mol. The number of halogens is 1. The fourth-order valence-electron chi connectivity index (χ4n) is 1.89. The third kappa shape index (κ3) is 1.26. The molecule has 76 valence electrons. The molecule has 1 aromatic carbocycles. The molecule has 0 atom stereocenters. The molecule has 1 aliphatic heterocycles. The van der Waals surface area contributed by atoms with E-state index in [0.29, 0.717) is 6.61 Å². The van der Waals surface area contributed by atoms with E-state index in [2.05, 4.69) is 45.0 Å². The van der Waals surface area contributed by atoms with Gasteiger partial charge in [-0.15, -0.1) is 0 Å². The molecule has 2 heterocycles. The zero-order valence-electron chi connectivity index (χ0n) is 8.07. The molecule has 2 aromatic rings. The first-order valence-electron chi connectivity index (χ1n) is 4.57. The summed E-state index contributed by atoms with van der Waals surface area (Å²) in [4.78, 5) is 5.18. The van der Waals surface area contributed by atoms with Gasteiger partial charge in [0.1, 0.15) is 10.3 Å². The lowest BCUT2D eigenvalue weighted by atomic mass is 10.1. The largest absolute Gasteiger partial charge is 0.390 e. The first kappa shape index (κ1) is 9.14. The van der Waals surface area contributed by atoms with Crippen molar-refractivity contribution >= 4 is 37.2 Å².